The Morgan fingerprint density at radius 3 is 2.67 bits per heavy atom. The number of amides is 1. The zero-order chi connectivity index (χ0) is 22.9. The molecule has 0 radical (unpaired) electrons. The molecule has 0 spiro atoms. The van der Waals surface area contributed by atoms with Crippen molar-refractivity contribution in [2.75, 3.05) is 5.32 Å². The van der Waals surface area contributed by atoms with Crippen LogP contribution in [0.25, 0.3) is 22.2 Å². The Morgan fingerprint density at radius 2 is 1.85 bits per heavy atom. The van der Waals surface area contributed by atoms with Gasteiger partial charge in [-0.2, -0.15) is 5.10 Å². The van der Waals surface area contributed by atoms with Gasteiger partial charge in [0.25, 0.3) is 5.56 Å². The molecule has 0 aliphatic carbocycles. The van der Waals surface area contributed by atoms with Gasteiger partial charge >= 0.3 is 0 Å². The minimum atomic E-state index is -0.344. The molecule has 0 atom stereocenters. The lowest BCUT2D eigenvalue weighted by atomic mass is 10.1. The van der Waals surface area contributed by atoms with E-state index >= 15 is 0 Å². The molecular weight excluding hydrogens is 419 g/mol. The van der Waals surface area contributed by atoms with Crippen molar-refractivity contribution in [3.8, 4) is 11.3 Å². The number of nitrogens with one attached hydrogen (secondary N) is 1. The predicted octanol–water partition coefficient (Wildman–Crippen LogP) is 4.44. The van der Waals surface area contributed by atoms with Crippen molar-refractivity contribution < 1.29 is 9.18 Å². The molecule has 0 aromatic heterocycles. The van der Waals surface area contributed by atoms with E-state index in [9.17, 15) is 14.0 Å². The van der Waals surface area contributed by atoms with E-state index in [4.69, 9.17) is 0 Å². The first-order valence-electron chi connectivity index (χ1n) is 10.6. The molecule has 2 aliphatic heterocycles. The van der Waals surface area contributed by atoms with Gasteiger partial charge in [-0.1, -0.05) is 42.5 Å². The number of rotatable bonds is 5. The van der Waals surface area contributed by atoms with Crippen LogP contribution in [0.5, 0.6) is 0 Å². The van der Waals surface area contributed by atoms with Crippen LogP contribution < -0.4 is 10.9 Å². The Morgan fingerprint density at radius 1 is 1.03 bits per heavy atom. The summed E-state index contributed by atoms with van der Waals surface area (Å²) in [5.41, 5.74) is 3.94. The second kappa shape index (κ2) is 8.35. The number of anilines is 1. The van der Waals surface area contributed by atoms with Gasteiger partial charge in [0.05, 0.1) is 11.1 Å². The molecule has 0 unspecified atom stereocenters. The SMILES string of the molecule is Cc1cccc(NC(=O)Cn2nc3c4ccccc4n(Cc4cccc(F)c4)cc-3c2=O)c1. The number of nitrogens with zero attached hydrogens (tertiary/aromatic N) is 3. The molecule has 7 heteroatoms. The summed E-state index contributed by atoms with van der Waals surface area (Å²) in [6.45, 7) is 2.14. The zero-order valence-corrected chi connectivity index (χ0v) is 18.0. The Labute approximate surface area is 189 Å². The third-order valence-electron chi connectivity index (χ3n) is 5.53. The highest BCUT2D eigenvalue weighted by Crippen LogP contribution is 2.28. The smallest absolute Gasteiger partial charge is 0.278 e. The fourth-order valence-corrected chi connectivity index (χ4v) is 4.05. The fourth-order valence-electron chi connectivity index (χ4n) is 4.05. The van der Waals surface area contributed by atoms with Crippen LogP contribution in [-0.2, 0) is 17.9 Å². The number of halogens is 1. The number of benzene rings is 3. The summed E-state index contributed by atoms with van der Waals surface area (Å²) in [6, 6.07) is 21.4. The summed E-state index contributed by atoms with van der Waals surface area (Å²) in [5.74, 6) is -0.641. The Balaban J connectivity index is 1.53. The molecule has 1 amide bonds. The number of carbonyl (C=O) groups is 1. The molecule has 0 saturated heterocycles. The van der Waals surface area contributed by atoms with Crippen molar-refractivity contribution in [1.29, 1.82) is 0 Å². The summed E-state index contributed by atoms with van der Waals surface area (Å²) >= 11 is 0. The third-order valence-corrected chi connectivity index (χ3v) is 5.53. The van der Waals surface area contributed by atoms with Crippen LogP contribution in [0.4, 0.5) is 10.1 Å². The van der Waals surface area contributed by atoms with Crippen LogP contribution in [0.3, 0.4) is 0 Å². The first-order chi connectivity index (χ1) is 16.0. The molecule has 5 rings (SSSR count). The summed E-state index contributed by atoms with van der Waals surface area (Å²) in [4.78, 5) is 25.7. The number of carbonyl (C=O) groups excluding carboxylic acids is 1. The maximum absolute atomic E-state index is 13.7. The zero-order valence-electron chi connectivity index (χ0n) is 18.0. The highest BCUT2D eigenvalue weighted by atomic mass is 19.1. The lowest BCUT2D eigenvalue weighted by Crippen LogP contribution is -2.26. The van der Waals surface area contributed by atoms with E-state index in [2.05, 4.69) is 10.4 Å². The standard InChI is InChI=1S/C26H21FN4O2/c1-17-6-4-9-20(12-17)28-24(32)16-31-26(33)22-15-30(14-18-7-5-8-19(27)13-18)23-11-3-2-10-21(23)25(22)29-31/h2-13,15H,14,16H2,1H3,(H,28,32). The predicted molar refractivity (Wildman–Crippen MR) is 126 cm³/mol. The van der Waals surface area contributed by atoms with Gasteiger partial charge in [-0.15, -0.1) is 0 Å². The number of hydrogen-bond donors (Lipinski definition) is 1. The fraction of sp³-hybridized carbons (Fsp3) is 0.115. The van der Waals surface area contributed by atoms with Crippen molar-refractivity contribution >= 4 is 22.5 Å². The highest BCUT2D eigenvalue weighted by Gasteiger charge is 2.21. The van der Waals surface area contributed by atoms with E-state index in [0.29, 0.717) is 23.5 Å². The van der Waals surface area contributed by atoms with E-state index in [1.54, 1.807) is 18.3 Å². The molecular formula is C26H21FN4O2. The number of aryl methyl sites for hydroxylation is 1. The number of pyridine rings is 1. The van der Waals surface area contributed by atoms with Crippen molar-refractivity contribution in [3.05, 3.63) is 106 Å². The Bertz CT molecular complexity index is 1520. The van der Waals surface area contributed by atoms with Crippen LogP contribution >= 0.6 is 0 Å². The average molecular weight is 440 g/mol. The van der Waals surface area contributed by atoms with Gasteiger partial charge < -0.3 is 9.88 Å². The monoisotopic (exact) mass is 440 g/mol. The quantitative estimate of drug-likeness (QED) is 0.439. The highest BCUT2D eigenvalue weighted by molar-refractivity contribution is 5.94. The van der Waals surface area contributed by atoms with E-state index < -0.39 is 0 Å². The van der Waals surface area contributed by atoms with Crippen LogP contribution in [-0.4, -0.2) is 20.3 Å². The van der Waals surface area contributed by atoms with Crippen LogP contribution in [0.1, 0.15) is 11.1 Å². The molecule has 2 aliphatic rings. The Hall–Kier alpha value is -4.26. The minimum Gasteiger partial charge on any atom is -0.342 e. The lowest BCUT2D eigenvalue weighted by Gasteiger charge is -2.14. The van der Waals surface area contributed by atoms with Crippen LogP contribution in [0.2, 0.25) is 0 Å². The van der Waals surface area contributed by atoms with E-state index in [-0.39, 0.29) is 23.8 Å². The topological polar surface area (TPSA) is 68.9 Å². The minimum absolute atomic E-state index is 0.195. The molecule has 3 aromatic rings. The van der Waals surface area contributed by atoms with Gasteiger partial charge in [0.2, 0.25) is 5.91 Å². The van der Waals surface area contributed by atoms with Crippen molar-refractivity contribution in [2.45, 2.75) is 20.0 Å². The molecule has 0 fully saturated rings. The molecule has 2 heterocycles. The molecule has 6 nitrogen and oxygen atoms in total. The first-order valence-corrected chi connectivity index (χ1v) is 10.6. The summed E-state index contributed by atoms with van der Waals surface area (Å²) < 4.78 is 16.8. The molecule has 33 heavy (non-hydrogen) atoms. The van der Waals surface area contributed by atoms with Gasteiger partial charge in [-0.25, -0.2) is 9.07 Å². The molecule has 164 valence electrons. The summed E-state index contributed by atoms with van der Waals surface area (Å²) in [6.07, 6.45) is 1.73. The molecule has 3 aromatic carbocycles. The number of para-hydroxylation sites is 1. The molecule has 0 bridgehead atoms. The van der Waals surface area contributed by atoms with Gasteiger partial charge in [0, 0.05) is 23.8 Å². The second-order valence-corrected chi connectivity index (χ2v) is 8.05. The number of hydrogen-bond acceptors (Lipinski definition) is 3. The van der Waals surface area contributed by atoms with Crippen LogP contribution in [0, 0.1) is 12.7 Å². The van der Waals surface area contributed by atoms with E-state index in [0.717, 1.165) is 22.0 Å². The Kier molecular flexibility index (Phi) is 5.22. The van der Waals surface area contributed by atoms with Gasteiger partial charge in [-0.3, -0.25) is 9.59 Å². The largest absolute Gasteiger partial charge is 0.342 e. The van der Waals surface area contributed by atoms with Crippen molar-refractivity contribution in [2.24, 2.45) is 0 Å². The number of fused-ring (bicyclic) bond motifs is 3. The molecule has 1 N–H and O–H groups in total. The number of aromatic nitrogens is 3. The molecule has 0 saturated carbocycles. The van der Waals surface area contributed by atoms with Crippen molar-refractivity contribution in [1.82, 2.24) is 14.3 Å². The lowest BCUT2D eigenvalue weighted by molar-refractivity contribution is -0.116. The third kappa shape index (κ3) is 4.13. The summed E-state index contributed by atoms with van der Waals surface area (Å²) in [7, 11) is 0. The summed E-state index contributed by atoms with van der Waals surface area (Å²) in [5, 5.41) is 8.07. The van der Waals surface area contributed by atoms with E-state index in [1.165, 1.54) is 16.8 Å². The first kappa shape index (κ1) is 20.6. The second-order valence-electron chi connectivity index (χ2n) is 8.05. The van der Waals surface area contributed by atoms with Crippen LogP contribution in [0.15, 0.2) is 83.8 Å². The van der Waals surface area contributed by atoms with E-state index in [1.807, 2.05) is 60.0 Å². The van der Waals surface area contributed by atoms with Gasteiger partial charge in [-0.05, 0) is 48.4 Å². The normalized spacial score (nSPS) is 11.2. The maximum atomic E-state index is 13.7. The van der Waals surface area contributed by atoms with Gasteiger partial charge in [0.1, 0.15) is 18.1 Å². The maximum Gasteiger partial charge on any atom is 0.278 e. The van der Waals surface area contributed by atoms with Gasteiger partial charge in [0.15, 0.2) is 0 Å². The average Bonchev–Trinajstić information content (AvgIpc) is 3.09. The van der Waals surface area contributed by atoms with Crippen molar-refractivity contribution in [3.63, 3.8) is 0 Å².